The monoisotopic (exact) mass is 509 g/mol. The van der Waals surface area contributed by atoms with Crippen molar-refractivity contribution in [3.63, 3.8) is 0 Å². The number of halogens is 3. The molecule has 0 radical (unpaired) electrons. The molecule has 192 valence electrons. The zero-order valence-corrected chi connectivity index (χ0v) is 18.9. The number of benzene rings is 2. The third kappa shape index (κ3) is 5.17. The molecule has 2 aromatic carbocycles. The largest absolute Gasteiger partial charge is 0.416 e. The van der Waals surface area contributed by atoms with Gasteiger partial charge in [0, 0.05) is 57.0 Å². The summed E-state index contributed by atoms with van der Waals surface area (Å²) in [6.45, 7) is 2.43. The van der Waals surface area contributed by atoms with Gasteiger partial charge in [0.2, 0.25) is 0 Å². The number of piperazine rings is 1. The third-order valence-corrected chi connectivity index (χ3v) is 6.18. The van der Waals surface area contributed by atoms with E-state index >= 15 is 0 Å². The minimum atomic E-state index is -4.71. The van der Waals surface area contributed by atoms with Gasteiger partial charge in [-0.25, -0.2) is 0 Å². The van der Waals surface area contributed by atoms with Crippen LogP contribution in [-0.2, 0) is 10.9 Å². The summed E-state index contributed by atoms with van der Waals surface area (Å²) in [4.78, 5) is 39.6. The highest BCUT2D eigenvalue weighted by atomic mass is 19.4. The van der Waals surface area contributed by atoms with E-state index in [1.165, 1.54) is 17.0 Å². The molecule has 0 unspecified atom stereocenters. The Labute approximate surface area is 202 Å². The number of nitro groups is 2. The second-order valence-electron chi connectivity index (χ2n) is 8.30. The summed E-state index contributed by atoms with van der Waals surface area (Å²) in [6, 6.07) is 6.65. The van der Waals surface area contributed by atoms with E-state index in [2.05, 4.69) is 0 Å². The Bertz CT molecular complexity index is 1180. The van der Waals surface area contributed by atoms with E-state index in [-0.39, 0.29) is 43.1 Å². The molecule has 11 nitrogen and oxygen atoms in total. The Morgan fingerprint density at radius 2 is 1.33 bits per heavy atom. The molecule has 1 amide bonds. The van der Waals surface area contributed by atoms with E-state index < -0.39 is 33.2 Å². The number of carbonyl (C=O) groups is 1. The van der Waals surface area contributed by atoms with Crippen LogP contribution in [0.4, 0.5) is 35.9 Å². The number of nitrogens with zero attached hydrogens (tertiary/aromatic N) is 5. The Kier molecular flexibility index (Phi) is 6.97. The number of carbonyl (C=O) groups excluding carboxylic acids is 1. The lowest BCUT2D eigenvalue weighted by molar-refractivity contribution is -0.384. The van der Waals surface area contributed by atoms with Gasteiger partial charge in [0.15, 0.2) is 0 Å². The Morgan fingerprint density at radius 3 is 1.89 bits per heavy atom. The number of hydrogen-bond acceptors (Lipinski definition) is 8. The molecular weight excluding hydrogens is 487 g/mol. The van der Waals surface area contributed by atoms with Crippen LogP contribution in [0.15, 0.2) is 36.4 Å². The molecule has 4 rings (SSSR count). The van der Waals surface area contributed by atoms with Gasteiger partial charge >= 0.3 is 6.18 Å². The fourth-order valence-corrected chi connectivity index (χ4v) is 4.32. The summed E-state index contributed by atoms with van der Waals surface area (Å²) in [5.74, 6) is -0.437. The van der Waals surface area contributed by atoms with Gasteiger partial charge in [-0.1, -0.05) is 0 Å². The lowest BCUT2D eigenvalue weighted by atomic mass is 10.1. The highest BCUT2D eigenvalue weighted by Gasteiger charge is 2.35. The van der Waals surface area contributed by atoms with Gasteiger partial charge in [0.25, 0.3) is 17.3 Å². The predicted octanol–water partition coefficient (Wildman–Crippen LogP) is 3.32. The number of rotatable bonds is 5. The zero-order valence-electron chi connectivity index (χ0n) is 18.9. The highest BCUT2D eigenvalue weighted by Crippen LogP contribution is 2.37. The van der Waals surface area contributed by atoms with Gasteiger partial charge in [-0.2, -0.15) is 13.2 Å². The van der Waals surface area contributed by atoms with Crippen molar-refractivity contribution in [2.45, 2.75) is 6.18 Å². The lowest BCUT2D eigenvalue weighted by Crippen LogP contribution is -2.49. The van der Waals surface area contributed by atoms with Gasteiger partial charge in [-0.3, -0.25) is 25.0 Å². The number of ether oxygens (including phenoxy) is 1. The van der Waals surface area contributed by atoms with Crippen LogP contribution in [0.2, 0.25) is 0 Å². The highest BCUT2D eigenvalue weighted by molar-refractivity contribution is 5.96. The smallest absolute Gasteiger partial charge is 0.378 e. The number of anilines is 2. The first kappa shape index (κ1) is 25.2. The van der Waals surface area contributed by atoms with Gasteiger partial charge in [0.1, 0.15) is 11.4 Å². The minimum Gasteiger partial charge on any atom is -0.378 e. The van der Waals surface area contributed by atoms with Gasteiger partial charge in [0.05, 0.1) is 28.6 Å². The predicted molar refractivity (Wildman–Crippen MR) is 122 cm³/mol. The number of amides is 1. The van der Waals surface area contributed by atoms with Crippen LogP contribution in [0.5, 0.6) is 0 Å². The van der Waals surface area contributed by atoms with Crippen molar-refractivity contribution in [1.29, 1.82) is 0 Å². The van der Waals surface area contributed by atoms with E-state index in [9.17, 15) is 38.2 Å². The summed E-state index contributed by atoms with van der Waals surface area (Å²) in [5.41, 5.74) is -1.41. The van der Waals surface area contributed by atoms with Gasteiger partial charge < -0.3 is 19.4 Å². The molecule has 0 aliphatic carbocycles. The normalized spacial score (nSPS) is 16.7. The molecule has 2 fully saturated rings. The molecule has 14 heteroatoms. The van der Waals surface area contributed by atoms with Crippen LogP contribution in [0.1, 0.15) is 15.9 Å². The summed E-state index contributed by atoms with van der Waals surface area (Å²) in [7, 11) is 0. The number of hydrogen-bond donors (Lipinski definition) is 0. The molecule has 0 saturated carbocycles. The Hall–Kier alpha value is -3.94. The van der Waals surface area contributed by atoms with E-state index in [0.29, 0.717) is 38.1 Å². The first-order chi connectivity index (χ1) is 17.1. The van der Waals surface area contributed by atoms with Crippen LogP contribution in [0.25, 0.3) is 0 Å². The number of morpholine rings is 1. The summed E-state index contributed by atoms with van der Waals surface area (Å²) in [5, 5.41) is 23.1. The van der Waals surface area contributed by atoms with Crippen molar-refractivity contribution >= 4 is 28.7 Å². The molecule has 0 N–H and O–H groups in total. The van der Waals surface area contributed by atoms with Crippen LogP contribution < -0.4 is 9.80 Å². The van der Waals surface area contributed by atoms with E-state index in [0.717, 1.165) is 12.1 Å². The summed E-state index contributed by atoms with van der Waals surface area (Å²) in [6.07, 6.45) is -4.71. The van der Waals surface area contributed by atoms with Gasteiger partial charge in [-0.15, -0.1) is 0 Å². The quantitative estimate of drug-likeness (QED) is 0.445. The first-order valence-electron chi connectivity index (χ1n) is 11.1. The van der Waals surface area contributed by atoms with Crippen LogP contribution in [0.3, 0.4) is 0 Å². The summed E-state index contributed by atoms with van der Waals surface area (Å²) >= 11 is 0. The topological polar surface area (TPSA) is 122 Å². The molecule has 2 saturated heterocycles. The van der Waals surface area contributed by atoms with Crippen molar-refractivity contribution in [2.75, 3.05) is 62.3 Å². The van der Waals surface area contributed by atoms with Crippen molar-refractivity contribution in [3.05, 3.63) is 67.8 Å². The maximum atomic E-state index is 13.1. The van der Waals surface area contributed by atoms with Crippen molar-refractivity contribution in [1.82, 2.24) is 4.90 Å². The summed E-state index contributed by atoms with van der Waals surface area (Å²) < 4.78 is 44.2. The van der Waals surface area contributed by atoms with Gasteiger partial charge in [-0.05, 0) is 24.3 Å². The first-order valence-corrected chi connectivity index (χ1v) is 11.1. The molecule has 2 aromatic rings. The van der Waals surface area contributed by atoms with Crippen molar-refractivity contribution in [2.24, 2.45) is 0 Å². The molecule has 0 atom stereocenters. The second-order valence-corrected chi connectivity index (χ2v) is 8.30. The Balaban J connectivity index is 1.49. The fraction of sp³-hybridized carbons (Fsp3) is 0.409. The van der Waals surface area contributed by atoms with Crippen LogP contribution >= 0.6 is 0 Å². The van der Waals surface area contributed by atoms with Crippen molar-refractivity contribution < 1.29 is 32.5 Å². The molecule has 2 aliphatic heterocycles. The SMILES string of the molecule is O=C(c1ccc(N2CCOCC2)c([N+](=O)[O-])c1)N1CCN(c2ccc(C(F)(F)F)cc2[N+](=O)[O-])CC1. The maximum Gasteiger partial charge on any atom is 0.416 e. The average Bonchev–Trinajstić information content (AvgIpc) is 2.87. The molecular formula is C22H22F3N5O6. The van der Waals surface area contributed by atoms with Crippen LogP contribution in [0, 0.1) is 20.2 Å². The maximum absolute atomic E-state index is 13.1. The lowest BCUT2D eigenvalue weighted by Gasteiger charge is -2.36. The molecule has 0 spiro atoms. The Morgan fingerprint density at radius 1 is 0.806 bits per heavy atom. The third-order valence-electron chi connectivity index (χ3n) is 6.18. The molecule has 0 aromatic heterocycles. The zero-order chi connectivity index (χ0) is 26.0. The number of alkyl halides is 3. The molecule has 0 bridgehead atoms. The second kappa shape index (κ2) is 9.97. The molecule has 2 heterocycles. The van der Waals surface area contributed by atoms with Crippen molar-refractivity contribution in [3.8, 4) is 0 Å². The molecule has 36 heavy (non-hydrogen) atoms. The van der Waals surface area contributed by atoms with Crippen LogP contribution in [-0.4, -0.2) is 73.1 Å². The standard InChI is InChI=1S/C22H22F3N5O6/c23-22(24,25)16-2-4-18(20(14-16)30(34)35)26-5-7-28(8-6-26)21(31)15-1-3-17(19(13-15)29(32)33)27-9-11-36-12-10-27/h1-4,13-14H,5-12H2. The number of nitro benzene ring substituents is 2. The van der Waals surface area contributed by atoms with E-state index in [4.69, 9.17) is 4.74 Å². The van der Waals surface area contributed by atoms with E-state index in [1.807, 2.05) is 4.90 Å². The average molecular weight is 509 g/mol. The fourth-order valence-electron chi connectivity index (χ4n) is 4.32. The molecule has 2 aliphatic rings. The van der Waals surface area contributed by atoms with E-state index in [1.54, 1.807) is 11.0 Å². The minimum absolute atomic E-state index is 0.0330.